The second-order valence-electron chi connectivity index (χ2n) is 9.75. The molecule has 5 rings (SSSR count). The first-order valence-electron chi connectivity index (χ1n) is 11.7. The molecule has 180 valence electrons. The van der Waals surface area contributed by atoms with Gasteiger partial charge in [0.05, 0.1) is 21.1 Å². The third kappa shape index (κ3) is 4.69. The topological polar surface area (TPSA) is 79.4 Å². The number of anilines is 1. The first-order valence-corrected chi connectivity index (χ1v) is 12.5. The number of aromatic nitrogens is 2. The molecule has 1 aromatic heterocycles. The number of rotatable bonds is 4. The Morgan fingerprint density at radius 1 is 1.09 bits per heavy atom. The van der Waals surface area contributed by atoms with Crippen LogP contribution < -0.4 is 11.1 Å². The summed E-state index contributed by atoms with van der Waals surface area (Å²) in [7, 11) is 1.90. The molecule has 1 spiro atoms. The number of carbonyl (C=O) groups is 1. The fourth-order valence-electron chi connectivity index (χ4n) is 5.44. The van der Waals surface area contributed by atoms with Crippen molar-refractivity contribution in [3.8, 4) is 0 Å². The zero-order chi connectivity index (χ0) is 23.9. The zero-order valence-electron chi connectivity index (χ0n) is 19.4. The highest BCUT2D eigenvalue weighted by Gasteiger charge is 2.42. The number of aryl methyl sites for hydroxylation is 1. The molecule has 0 bridgehead atoms. The van der Waals surface area contributed by atoms with Gasteiger partial charge in [-0.2, -0.15) is 0 Å². The molecular formula is C25H30Cl2N6O. The maximum atomic E-state index is 13.0. The maximum Gasteiger partial charge on any atom is 0.317 e. The van der Waals surface area contributed by atoms with E-state index in [1.807, 2.05) is 52.9 Å². The minimum Gasteiger partial charge on any atom is -0.369 e. The van der Waals surface area contributed by atoms with E-state index in [1.54, 1.807) is 0 Å². The van der Waals surface area contributed by atoms with E-state index in [2.05, 4.69) is 15.2 Å². The molecule has 0 aliphatic carbocycles. The van der Waals surface area contributed by atoms with Gasteiger partial charge in [0, 0.05) is 45.2 Å². The van der Waals surface area contributed by atoms with Crippen LogP contribution >= 0.6 is 23.2 Å². The smallest absolute Gasteiger partial charge is 0.317 e. The van der Waals surface area contributed by atoms with Gasteiger partial charge in [0.15, 0.2) is 0 Å². The number of piperidine rings is 1. The number of nitrogen functional groups attached to an aromatic ring is 1. The maximum absolute atomic E-state index is 13.0. The molecule has 0 radical (unpaired) electrons. The van der Waals surface area contributed by atoms with Gasteiger partial charge in [0.25, 0.3) is 0 Å². The minimum absolute atomic E-state index is 0.00244. The quantitative estimate of drug-likeness (QED) is 0.545. The van der Waals surface area contributed by atoms with Gasteiger partial charge in [0.1, 0.15) is 0 Å². The lowest BCUT2D eigenvalue weighted by molar-refractivity contribution is 0.107. The Kier molecular flexibility index (Phi) is 6.35. The van der Waals surface area contributed by atoms with Crippen molar-refractivity contribution in [1.29, 1.82) is 0 Å². The van der Waals surface area contributed by atoms with Crippen LogP contribution in [0.4, 0.5) is 10.7 Å². The lowest BCUT2D eigenvalue weighted by Gasteiger charge is -2.40. The summed E-state index contributed by atoms with van der Waals surface area (Å²) >= 11 is 12.3. The van der Waals surface area contributed by atoms with Gasteiger partial charge in [-0.25, -0.2) is 9.78 Å². The van der Waals surface area contributed by atoms with Crippen LogP contribution in [0.25, 0.3) is 11.0 Å². The number of likely N-dealkylation sites (tertiary alicyclic amines) is 2. The Morgan fingerprint density at radius 3 is 2.74 bits per heavy atom. The summed E-state index contributed by atoms with van der Waals surface area (Å²) in [6, 6.07) is 11.8. The molecule has 3 heterocycles. The van der Waals surface area contributed by atoms with Gasteiger partial charge in [-0.15, -0.1) is 0 Å². The first-order chi connectivity index (χ1) is 16.3. The van der Waals surface area contributed by atoms with Crippen LogP contribution in [0.1, 0.15) is 30.4 Å². The highest BCUT2D eigenvalue weighted by atomic mass is 35.5. The van der Waals surface area contributed by atoms with Gasteiger partial charge in [-0.3, -0.25) is 4.90 Å². The Hall–Kier alpha value is -2.48. The number of urea groups is 1. The molecular weight excluding hydrogens is 471 g/mol. The highest BCUT2D eigenvalue weighted by Crippen LogP contribution is 2.39. The number of fused-ring (bicyclic) bond motifs is 1. The number of hydrogen-bond donors (Lipinski definition) is 2. The third-order valence-electron chi connectivity index (χ3n) is 7.28. The Bertz CT molecular complexity index is 1230. The van der Waals surface area contributed by atoms with Crippen molar-refractivity contribution in [2.75, 3.05) is 31.9 Å². The minimum atomic E-state index is 0.00244. The Morgan fingerprint density at radius 2 is 1.91 bits per heavy atom. The molecule has 2 aliphatic rings. The van der Waals surface area contributed by atoms with Crippen molar-refractivity contribution in [2.45, 2.75) is 32.4 Å². The molecule has 1 unspecified atom stereocenters. The summed E-state index contributed by atoms with van der Waals surface area (Å²) in [6.45, 7) is 4.95. The standard InChI is InChI=1S/C25H30Cl2N6O/c1-31-22-6-4-17(12-21(22)30-23(31)28)13-29-24(34)33-9-2-7-25(16-33)8-10-32(15-25)14-18-3-5-19(26)20(27)11-18/h3-6,11-12H,2,7-10,13-16H2,1H3,(H2,28,30)(H,29,34). The van der Waals surface area contributed by atoms with Crippen LogP contribution in [0, 0.1) is 5.41 Å². The van der Waals surface area contributed by atoms with Gasteiger partial charge in [-0.05, 0) is 61.2 Å². The van der Waals surface area contributed by atoms with Crippen LogP contribution in [0.2, 0.25) is 10.0 Å². The second kappa shape index (κ2) is 9.29. The van der Waals surface area contributed by atoms with Crippen LogP contribution in [0.5, 0.6) is 0 Å². The van der Waals surface area contributed by atoms with Crippen molar-refractivity contribution < 1.29 is 4.79 Å². The summed E-state index contributed by atoms with van der Waals surface area (Å²) in [4.78, 5) is 21.8. The summed E-state index contributed by atoms with van der Waals surface area (Å²) in [5.74, 6) is 0.486. The van der Waals surface area contributed by atoms with E-state index < -0.39 is 0 Å². The van der Waals surface area contributed by atoms with Crippen LogP contribution in [0.3, 0.4) is 0 Å². The second-order valence-corrected chi connectivity index (χ2v) is 10.6. The van der Waals surface area contributed by atoms with Gasteiger partial charge in [-0.1, -0.05) is 35.3 Å². The van der Waals surface area contributed by atoms with E-state index in [1.165, 1.54) is 5.56 Å². The SMILES string of the molecule is Cn1c(N)nc2cc(CNC(=O)N3CCCC4(CCN(Cc5ccc(Cl)c(Cl)c5)C4)C3)ccc21. The normalized spacial score (nSPS) is 21.0. The predicted molar refractivity (Wildman–Crippen MR) is 137 cm³/mol. The molecule has 3 aromatic rings. The zero-order valence-corrected chi connectivity index (χ0v) is 20.9. The molecule has 2 saturated heterocycles. The lowest BCUT2D eigenvalue weighted by Crippen LogP contribution is -2.50. The van der Waals surface area contributed by atoms with E-state index in [0.717, 1.165) is 68.6 Å². The molecule has 3 N–H and O–H groups in total. The van der Waals surface area contributed by atoms with Gasteiger partial charge in [0.2, 0.25) is 5.95 Å². The van der Waals surface area contributed by atoms with E-state index in [9.17, 15) is 4.79 Å². The summed E-state index contributed by atoms with van der Waals surface area (Å²) in [5, 5.41) is 4.29. The van der Waals surface area contributed by atoms with Gasteiger partial charge < -0.3 is 20.5 Å². The predicted octanol–water partition coefficient (Wildman–Crippen LogP) is 4.66. The number of nitrogens with one attached hydrogen (secondary N) is 1. The average molecular weight is 501 g/mol. The molecule has 1 atom stereocenters. The molecule has 2 amide bonds. The largest absolute Gasteiger partial charge is 0.369 e. The first kappa shape index (κ1) is 23.3. The van der Waals surface area contributed by atoms with Gasteiger partial charge >= 0.3 is 6.03 Å². The molecule has 7 nitrogen and oxygen atoms in total. The van der Waals surface area contributed by atoms with Crippen molar-refractivity contribution in [2.24, 2.45) is 12.5 Å². The highest BCUT2D eigenvalue weighted by molar-refractivity contribution is 6.42. The summed E-state index contributed by atoms with van der Waals surface area (Å²) < 4.78 is 1.86. The number of benzene rings is 2. The lowest BCUT2D eigenvalue weighted by atomic mass is 9.79. The van der Waals surface area contributed by atoms with Crippen molar-refractivity contribution in [3.63, 3.8) is 0 Å². The van der Waals surface area contributed by atoms with Crippen LogP contribution in [-0.2, 0) is 20.1 Å². The van der Waals surface area contributed by atoms with Crippen molar-refractivity contribution in [3.05, 3.63) is 57.6 Å². The Labute approximate surface area is 209 Å². The third-order valence-corrected chi connectivity index (χ3v) is 8.02. The molecule has 2 aromatic carbocycles. The molecule has 0 saturated carbocycles. The molecule has 34 heavy (non-hydrogen) atoms. The molecule has 2 fully saturated rings. The van der Waals surface area contributed by atoms with Crippen molar-refractivity contribution >= 4 is 46.2 Å². The molecule has 2 aliphatic heterocycles. The van der Waals surface area contributed by atoms with Crippen LogP contribution in [-0.4, -0.2) is 51.6 Å². The molecule has 9 heteroatoms. The fourth-order valence-corrected chi connectivity index (χ4v) is 5.76. The number of nitrogens with zero attached hydrogens (tertiary/aromatic N) is 4. The van der Waals surface area contributed by atoms with E-state index >= 15 is 0 Å². The number of halogens is 2. The number of amides is 2. The van der Waals surface area contributed by atoms with Crippen LogP contribution in [0.15, 0.2) is 36.4 Å². The number of carbonyl (C=O) groups excluding carboxylic acids is 1. The van der Waals surface area contributed by atoms with E-state index in [4.69, 9.17) is 28.9 Å². The summed E-state index contributed by atoms with van der Waals surface area (Å²) in [5.41, 5.74) is 10.1. The summed E-state index contributed by atoms with van der Waals surface area (Å²) in [6.07, 6.45) is 3.30. The van der Waals surface area contributed by atoms with E-state index in [0.29, 0.717) is 22.5 Å². The fraction of sp³-hybridized carbons (Fsp3) is 0.440. The monoisotopic (exact) mass is 500 g/mol. The van der Waals surface area contributed by atoms with Crippen molar-refractivity contribution in [1.82, 2.24) is 24.7 Å². The number of imidazole rings is 1. The number of hydrogen-bond acceptors (Lipinski definition) is 4. The average Bonchev–Trinajstić information content (AvgIpc) is 3.33. The Balaban J connectivity index is 1.18. The van der Waals surface area contributed by atoms with E-state index in [-0.39, 0.29) is 11.4 Å². The number of nitrogens with two attached hydrogens (primary N) is 1.